The van der Waals surface area contributed by atoms with Gasteiger partial charge in [0.05, 0.1) is 6.54 Å². The van der Waals surface area contributed by atoms with Gasteiger partial charge < -0.3 is 20.4 Å². The number of halogens is 1. The Hall–Kier alpha value is -1.55. The van der Waals surface area contributed by atoms with Gasteiger partial charge in [0.25, 0.3) is 0 Å². The van der Waals surface area contributed by atoms with Crippen molar-refractivity contribution >= 4 is 41.5 Å². The fourth-order valence-electron chi connectivity index (χ4n) is 4.67. The zero-order chi connectivity index (χ0) is 21.5. The van der Waals surface area contributed by atoms with E-state index in [4.69, 9.17) is 4.99 Å². The van der Waals surface area contributed by atoms with Crippen LogP contribution in [0.4, 0.5) is 5.69 Å². The number of hydrogen-bond donors (Lipinski definition) is 2. The summed E-state index contributed by atoms with van der Waals surface area (Å²) in [6.07, 6.45) is 4.54. The van der Waals surface area contributed by atoms with E-state index in [2.05, 4.69) is 62.6 Å². The number of carbonyl (C=O) groups is 1. The van der Waals surface area contributed by atoms with E-state index in [1.54, 1.807) is 0 Å². The maximum Gasteiger partial charge on any atom is 0.225 e. The van der Waals surface area contributed by atoms with Crippen LogP contribution in [0.3, 0.4) is 0 Å². The van der Waals surface area contributed by atoms with Crippen molar-refractivity contribution in [1.29, 1.82) is 0 Å². The Morgan fingerprint density at radius 3 is 2.47 bits per heavy atom. The number of aliphatic imine (C=N–C) groups is 1. The summed E-state index contributed by atoms with van der Waals surface area (Å²) < 4.78 is 0. The Morgan fingerprint density at radius 2 is 1.81 bits per heavy atom. The molecule has 0 bridgehead atoms. The minimum absolute atomic E-state index is 0. The van der Waals surface area contributed by atoms with Crippen LogP contribution >= 0.6 is 24.0 Å². The maximum atomic E-state index is 12.4. The van der Waals surface area contributed by atoms with Crippen LogP contribution in [0, 0.1) is 5.92 Å². The van der Waals surface area contributed by atoms with Crippen LogP contribution in [0.15, 0.2) is 35.3 Å². The molecule has 1 aromatic rings. The van der Waals surface area contributed by atoms with E-state index >= 15 is 0 Å². The van der Waals surface area contributed by atoms with Gasteiger partial charge in [-0.2, -0.15) is 0 Å². The van der Waals surface area contributed by atoms with Crippen molar-refractivity contribution in [2.45, 2.75) is 38.6 Å². The number of para-hydroxylation sites is 1. The molecule has 1 atom stereocenters. The summed E-state index contributed by atoms with van der Waals surface area (Å²) in [5.74, 6) is 1.63. The fourth-order valence-corrected chi connectivity index (χ4v) is 4.67. The predicted octanol–water partition coefficient (Wildman–Crippen LogP) is 2.38. The summed E-state index contributed by atoms with van der Waals surface area (Å²) in [7, 11) is 0. The second kappa shape index (κ2) is 12.6. The molecule has 7 nitrogen and oxygen atoms in total. The summed E-state index contributed by atoms with van der Waals surface area (Å²) in [4.78, 5) is 24.2. The molecule has 1 aromatic carbocycles. The highest BCUT2D eigenvalue weighted by Gasteiger charge is 2.31. The molecule has 1 amide bonds. The van der Waals surface area contributed by atoms with Crippen LogP contribution < -0.4 is 15.5 Å². The van der Waals surface area contributed by atoms with Crippen LogP contribution in [-0.2, 0) is 4.79 Å². The lowest BCUT2D eigenvalue weighted by Gasteiger charge is -2.38. The first-order valence-electron chi connectivity index (χ1n) is 12.1. The van der Waals surface area contributed by atoms with E-state index < -0.39 is 0 Å². The number of nitrogens with one attached hydrogen (secondary N) is 2. The van der Waals surface area contributed by atoms with Gasteiger partial charge >= 0.3 is 0 Å². The molecule has 1 saturated carbocycles. The minimum atomic E-state index is 0. The van der Waals surface area contributed by atoms with Gasteiger partial charge in [-0.15, -0.1) is 24.0 Å². The maximum absolute atomic E-state index is 12.4. The van der Waals surface area contributed by atoms with E-state index in [0.29, 0.717) is 17.9 Å². The molecule has 4 rings (SSSR count). The van der Waals surface area contributed by atoms with Crippen molar-refractivity contribution in [1.82, 2.24) is 20.4 Å². The monoisotopic (exact) mass is 554 g/mol. The second-order valence-corrected chi connectivity index (χ2v) is 8.97. The summed E-state index contributed by atoms with van der Waals surface area (Å²) in [5.41, 5.74) is 1.30. The first-order valence-corrected chi connectivity index (χ1v) is 12.1. The van der Waals surface area contributed by atoms with Crippen molar-refractivity contribution in [3.8, 4) is 0 Å². The Kier molecular flexibility index (Phi) is 9.90. The third kappa shape index (κ3) is 6.73. The molecule has 1 aliphatic carbocycles. The van der Waals surface area contributed by atoms with Crippen LogP contribution in [-0.4, -0.2) is 86.6 Å². The first kappa shape index (κ1) is 25.1. The topological polar surface area (TPSA) is 63.2 Å². The van der Waals surface area contributed by atoms with Crippen molar-refractivity contribution in [2.24, 2.45) is 10.9 Å². The number of rotatable bonds is 7. The molecule has 2 N–H and O–H groups in total. The molecule has 0 aromatic heterocycles. The Morgan fingerprint density at radius 1 is 1.06 bits per heavy atom. The molecule has 3 fully saturated rings. The van der Waals surface area contributed by atoms with Gasteiger partial charge in [0.2, 0.25) is 5.91 Å². The highest BCUT2D eigenvalue weighted by atomic mass is 127. The number of amides is 1. The SMILES string of the molecule is CCNC(=NCCN1CCN(C(=O)C2CCC2)CC1)NC1CCN(c2ccccc2)C1.I. The lowest BCUT2D eigenvalue weighted by molar-refractivity contribution is -0.139. The molecule has 0 radical (unpaired) electrons. The molecular weight excluding hydrogens is 515 g/mol. The molecule has 2 aliphatic heterocycles. The van der Waals surface area contributed by atoms with Crippen LogP contribution in [0.5, 0.6) is 0 Å². The van der Waals surface area contributed by atoms with Gasteiger partial charge in [-0.25, -0.2) is 0 Å². The zero-order valence-electron chi connectivity index (χ0n) is 19.3. The summed E-state index contributed by atoms with van der Waals surface area (Å²) in [6.45, 7) is 10.5. The van der Waals surface area contributed by atoms with Crippen LogP contribution in [0.2, 0.25) is 0 Å². The van der Waals surface area contributed by atoms with Crippen LogP contribution in [0.25, 0.3) is 0 Å². The molecule has 3 aliphatic rings. The van der Waals surface area contributed by atoms with Crippen molar-refractivity contribution in [2.75, 3.05) is 63.8 Å². The lowest BCUT2D eigenvalue weighted by Crippen LogP contribution is -2.51. The molecule has 0 spiro atoms. The summed E-state index contributed by atoms with van der Waals surface area (Å²) in [6, 6.07) is 11.0. The number of nitrogens with zero attached hydrogens (tertiary/aromatic N) is 4. The first-order chi connectivity index (χ1) is 15.2. The Balaban J connectivity index is 0.00000289. The van der Waals surface area contributed by atoms with E-state index in [1.807, 2.05) is 0 Å². The largest absolute Gasteiger partial charge is 0.369 e. The average Bonchev–Trinajstić information content (AvgIpc) is 3.22. The zero-order valence-corrected chi connectivity index (χ0v) is 21.7. The predicted molar refractivity (Wildman–Crippen MR) is 142 cm³/mol. The third-order valence-electron chi connectivity index (χ3n) is 6.82. The van der Waals surface area contributed by atoms with Gasteiger partial charge in [0.1, 0.15) is 0 Å². The second-order valence-electron chi connectivity index (χ2n) is 8.97. The lowest BCUT2D eigenvalue weighted by atomic mass is 9.84. The number of guanidine groups is 1. The van der Waals surface area contributed by atoms with Gasteiger partial charge in [0, 0.05) is 70.0 Å². The van der Waals surface area contributed by atoms with Crippen molar-refractivity contribution in [3.63, 3.8) is 0 Å². The molecule has 178 valence electrons. The summed E-state index contributed by atoms with van der Waals surface area (Å²) >= 11 is 0. The fraction of sp³-hybridized carbons (Fsp3) is 0.667. The minimum Gasteiger partial charge on any atom is -0.369 e. The number of piperazine rings is 1. The number of carbonyl (C=O) groups excluding carboxylic acids is 1. The van der Waals surface area contributed by atoms with Crippen molar-refractivity contribution in [3.05, 3.63) is 30.3 Å². The normalized spacial score (nSPS) is 22.3. The van der Waals surface area contributed by atoms with Gasteiger partial charge in [-0.05, 0) is 38.3 Å². The van der Waals surface area contributed by atoms with E-state index in [1.165, 1.54) is 12.1 Å². The van der Waals surface area contributed by atoms with E-state index in [-0.39, 0.29) is 24.0 Å². The third-order valence-corrected chi connectivity index (χ3v) is 6.82. The smallest absolute Gasteiger partial charge is 0.225 e. The van der Waals surface area contributed by atoms with Gasteiger partial charge in [-0.3, -0.25) is 14.7 Å². The molecule has 2 heterocycles. The molecule has 1 unspecified atom stereocenters. The number of anilines is 1. The molecular formula is C24H39IN6O. The quantitative estimate of drug-likeness (QED) is 0.308. The Bertz CT molecular complexity index is 733. The number of benzene rings is 1. The van der Waals surface area contributed by atoms with Gasteiger partial charge in [-0.1, -0.05) is 24.6 Å². The molecule has 8 heteroatoms. The number of hydrogen-bond acceptors (Lipinski definition) is 4. The standard InChI is InChI=1S/C24H38N6O.HI/c1-2-25-24(27-21-11-13-30(19-21)22-9-4-3-5-10-22)26-12-14-28-15-17-29(18-16-28)23(31)20-7-6-8-20;/h3-5,9-10,20-21H,2,6-8,11-19H2,1H3,(H2,25,26,27);1H. The van der Waals surface area contributed by atoms with Crippen LogP contribution in [0.1, 0.15) is 32.6 Å². The molecule has 32 heavy (non-hydrogen) atoms. The average molecular weight is 555 g/mol. The molecule has 2 saturated heterocycles. The van der Waals surface area contributed by atoms with E-state index in [9.17, 15) is 4.79 Å². The van der Waals surface area contributed by atoms with Crippen molar-refractivity contribution < 1.29 is 4.79 Å². The summed E-state index contributed by atoms with van der Waals surface area (Å²) in [5, 5.41) is 7.03. The van der Waals surface area contributed by atoms with E-state index in [0.717, 1.165) is 84.1 Å². The Labute approximate surface area is 210 Å². The highest BCUT2D eigenvalue weighted by Crippen LogP contribution is 2.28. The highest BCUT2D eigenvalue weighted by molar-refractivity contribution is 14.0. The van der Waals surface area contributed by atoms with Gasteiger partial charge in [0.15, 0.2) is 5.96 Å².